The average molecular weight is 250 g/mol. The van der Waals surface area contributed by atoms with Crippen molar-refractivity contribution < 1.29 is 4.39 Å². The van der Waals surface area contributed by atoms with Crippen molar-refractivity contribution in [2.45, 2.75) is 32.2 Å². The van der Waals surface area contributed by atoms with Gasteiger partial charge in [-0.05, 0) is 25.3 Å². The van der Waals surface area contributed by atoms with Gasteiger partial charge in [-0.15, -0.1) is 33.2 Å². The molecule has 0 N–H and O–H groups in total. The van der Waals surface area contributed by atoms with E-state index in [2.05, 4.69) is 0 Å². The Morgan fingerprint density at radius 1 is 1.42 bits per heavy atom. The zero-order chi connectivity index (χ0) is 9.61. The first-order chi connectivity index (χ1) is 5.45. The third kappa shape index (κ3) is 8.85. The number of halogens is 4. The summed E-state index contributed by atoms with van der Waals surface area (Å²) in [6.07, 6.45) is 3.30. The maximum Gasteiger partial charge on any atom is 0.341 e. The summed E-state index contributed by atoms with van der Waals surface area (Å²) in [5.41, 5.74) is 0. The van der Waals surface area contributed by atoms with Gasteiger partial charge in [0.25, 0.3) is 0 Å². The number of hydrogen-bond donors (Lipinski definition) is 0. The van der Waals surface area contributed by atoms with Crippen molar-refractivity contribution >= 4 is 39.2 Å². The molecule has 72 valence electrons. The fourth-order valence-corrected chi connectivity index (χ4v) is 2.56. The summed E-state index contributed by atoms with van der Waals surface area (Å²) >= 11 is 16.9. The predicted octanol–water partition coefficient (Wildman–Crippen LogP) is 4.69. The molecule has 0 spiro atoms. The van der Waals surface area contributed by atoms with Crippen LogP contribution >= 0.6 is 33.2 Å². The average Bonchev–Trinajstić information content (AvgIpc) is 1.84. The van der Waals surface area contributed by atoms with Crippen molar-refractivity contribution in [1.82, 2.24) is 0 Å². The zero-order valence-electron chi connectivity index (χ0n) is 6.92. The van der Waals surface area contributed by atoms with Gasteiger partial charge in [0, 0.05) is 0 Å². The highest BCUT2D eigenvalue weighted by atomic mass is 35.8. The third-order valence-corrected chi connectivity index (χ3v) is 3.92. The summed E-state index contributed by atoms with van der Waals surface area (Å²) in [6.45, 7) is 1.89. The fraction of sp³-hybridized carbons (Fsp3) is 0.714. The molecule has 5 heteroatoms. The van der Waals surface area contributed by atoms with E-state index in [-0.39, 0.29) is 5.83 Å². The Bertz CT molecular complexity index is 153. The van der Waals surface area contributed by atoms with Gasteiger partial charge in [-0.1, -0.05) is 13.0 Å². The quantitative estimate of drug-likeness (QED) is 0.490. The maximum absolute atomic E-state index is 12.7. The standard InChI is InChI=1S/C7H12Cl3FSi/c1-2-4-7(11)5-3-6-12(8,9)10/h4H,2-3,5-6H2,1H3/b7-4-. The molecule has 0 heterocycles. The van der Waals surface area contributed by atoms with Crippen LogP contribution in [0, 0.1) is 0 Å². The summed E-state index contributed by atoms with van der Waals surface area (Å²) in [7, 11) is 0. The van der Waals surface area contributed by atoms with Gasteiger partial charge in [0.2, 0.25) is 0 Å². The van der Waals surface area contributed by atoms with Gasteiger partial charge < -0.3 is 0 Å². The van der Waals surface area contributed by atoms with Crippen LogP contribution in [0.4, 0.5) is 4.39 Å². The molecule has 0 aliphatic heterocycles. The molecule has 0 aliphatic rings. The van der Waals surface area contributed by atoms with Crippen LogP contribution in [0.15, 0.2) is 11.9 Å². The van der Waals surface area contributed by atoms with Crippen molar-refractivity contribution in [3.8, 4) is 0 Å². The van der Waals surface area contributed by atoms with Crippen molar-refractivity contribution in [2.24, 2.45) is 0 Å². The monoisotopic (exact) mass is 248 g/mol. The molecule has 0 aromatic rings. The topological polar surface area (TPSA) is 0 Å². The summed E-state index contributed by atoms with van der Waals surface area (Å²) < 4.78 is 12.7. The van der Waals surface area contributed by atoms with E-state index in [1.807, 2.05) is 6.92 Å². The molecular weight excluding hydrogens is 238 g/mol. The second kappa shape index (κ2) is 6.25. The minimum atomic E-state index is -2.52. The second-order valence-electron chi connectivity index (χ2n) is 2.53. The molecule has 0 rings (SSSR count). The lowest BCUT2D eigenvalue weighted by Gasteiger charge is -2.05. The Morgan fingerprint density at radius 3 is 2.42 bits per heavy atom. The van der Waals surface area contributed by atoms with Crippen LogP contribution in [0.2, 0.25) is 6.04 Å². The first-order valence-corrected chi connectivity index (χ1v) is 9.11. The number of hydrogen-bond acceptors (Lipinski definition) is 0. The van der Waals surface area contributed by atoms with Crippen LogP contribution < -0.4 is 0 Å². The molecule has 0 aromatic carbocycles. The van der Waals surface area contributed by atoms with E-state index >= 15 is 0 Å². The van der Waals surface area contributed by atoms with E-state index in [0.29, 0.717) is 18.9 Å². The molecule has 0 aliphatic carbocycles. The summed E-state index contributed by atoms with van der Waals surface area (Å²) in [5.74, 6) is -0.0965. The lowest BCUT2D eigenvalue weighted by atomic mass is 10.3. The smallest absolute Gasteiger partial charge is 0.212 e. The molecule has 0 aromatic heterocycles. The van der Waals surface area contributed by atoms with E-state index < -0.39 is 6.00 Å². The second-order valence-corrected chi connectivity index (χ2v) is 11.8. The van der Waals surface area contributed by atoms with Gasteiger partial charge in [0.05, 0.1) is 5.83 Å². The number of allylic oxidation sites excluding steroid dienone is 2. The molecule has 0 unspecified atom stereocenters. The van der Waals surface area contributed by atoms with E-state index in [1.165, 1.54) is 0 Å². The summed E-state index contributed by atoms with van der Waals surface area (Å²) in [6, 6.07) is -1.99. The molecule has 0 saturated heterocycles. The van der Waals surface area contributed by atoms with Gasteiger partial charge in [0.15, 0.2) is 0 Å². The van der Waals surface area contributed by atoms with Crippen molar-refractivity contribution in [3.05, 3.63) is 11.9 Å². The molecular formula is C7H12Cl3FSi. The largest absolute Gasteiger partial charge is 0.341 e. The van der Waals surface area contributed by atoms with Crippen molar-refractivity contribution in [1.29, 1.82) is 0 Å². The lowest BCUT2D eigenvalue weighted by molar-refractivity contribution is 0.578. The molecule has 0 atom stereocenters. The first-order valence-electron chi connectivity index (χ1n) is 3.87. The van der Waals surface area contributed by atoms with E-state index in [4.69, 9.17) is 33.2 Å². The van der Waals surface area contributed by atoms with Crippen LogP contribution in [-0.4, -0.2) is 6.00 Å². The third-order valence-electron chi connectivity index (χ3n) is 1.30. The van der Waals surface area contributed by atoms with E-state index in [9.17, 15) is 4.39 Å². The maximum atomic E-state index is 12.7. The van der Waals surface area contributed by atoms with E-state index in [0.717, 1.165) is 6.42 Å². The molecule has 0 amide bonds. The van der Waals surface area contributed by atoms with E-state index in [1.54, 1.807) is 6.08 Å². The summed E-state index contributed by atoms with van der Waals surface area (Å²) in [5, 5.41) is 0. The van der Waals surface area contributed by atoms with Crippen LogP contribution in [0.25, 0.3) is 0 Å². The van der Waals surface area contributed by atoms with Crippen molar-refractivity contribution in [2.75, 3.05) is 0 Å². The Labute approximate surface area is 87.8 Å². The Hall–Kier alpha value is 0.757. The minimum absolute atomic E-state index is 0.0965. The van der Waals surface area contributed by atoms with Gasteiger partial charge in [-0.3, -0.25) is 0 Å². The zero-order valence-corrected chi connectivity index (χ0v) is 10.2. The molecule has 0 radical (unpaired) electrons. The molecule has 12 heavy (non-hydrogen) atoms. The molecule has 0 saturated carbocycles. The van der Waals surface area contributed by atoms with Crippen LogP contribution in [0.5, 0.6) is 0 Å². The van der Waals surface area contributed by atoms with Crippen LogP contribution in [-0.2, 0) is 0 Å². The lowest BCUT2D eigenvalue weighted by Crippen LogP contribution is -2.07. The normalized spacial score (nSPS) is 13.6. The fourth-order valence-electron chi connectivity index (χ4n) is 0.781. The summed E-state index contributed by atoms with van der Waals surface area (Å²) in [4.78, 5) is 0. The van der Waals surface area contributed by atoms with Gasteiger partial charge in [-0.2, -0.15) is 0 Å². The van der Waals surface area contributed by atoms with Crippen LogP contribution in [0.3, 0.4) is 0 Å². The molecule has 0 fully saturated rings. The van der Waals surface area contributed by atoms with Gasteiger partial charge in [-0.25, -0.2) is 4.39 Å². The number of rotatable bonds is 5. The van der Waals surface area contributed by atoms with Gasteiger partial charge in [0.1, 0.15) is 0 Å². The molecule has 0 bridgehead atoms. The first kappa shape index (κ1) is 12.8. The molecule has 0 nitrogen and oxygen atoms in total. The SMILES string of the molecule is CC/C=C(\F)CCC[Si](Cl)(Cl)Cl. The highest BCUT2D eigenvalue weighted by molar-refractivity contribution is 7.64. The highest BCUT2D eigenvalue weighted by Crippen LogP contribution is 2.28. The Morgan fingerprint density at radius 2 is 2.00 bits per heavy atom. The Kier molecular flexibility index (Phi) is 6.64. The highest BCUT2D eigenvalue weighted by Gasteiger charge is 2.23. The predicted molar refractivity (Wildman–Crippen MR) is 56.8 cm³/mol. The van der Waals surface area contributed by atoms with Gasteiger partial charge >= 0.3 is 6.00 Å². The van der Waals surface area contributed by atoms with Crippen LogP contribution in [0.1, 0.15) is 26.2 Å². The van der Waals surface area contributed by atoms with Crippen molar-refractivity contribution in [3.63, 3.8) is 0 Å². The Balaban J connectivity index is 3.50. The minimum Gasteiger partial charge on any atom is -0.212 e.